The Morgan fingerprint density at radius 3 is 2.89 bits per heavy atom. The van der Waals surface area contributed by atoms with Crippen LogP contribution in [0.25, 0.3) is 0 Å². The molecular formula is C11H9BrINO3S. The van der Waals surface area contributed by atoms with Gasteiger partial charge in [0.15, 0.2) is 0 Å². The number of aliphatic carboxylic acids is 1. The summed E-state index contributed by atoms with van der Waals surface area (Å²) in [5.41, 5.74) is 0.540. The summed E-state index contributed by atoms with van der Waals surface area (Å²) in [6, 6.07) is 4.69. The van der Waals surface area contributed by atoms with Crippen molar-refractivity contribution < 1.29 is 14.7 Å². The Balaban J connectivity index is 2.31. The van der Waals surface area contributed by atoms with E-state index < -0.39 is 12.0 Å². The van der Waals surface area contributed by atoms with Gasteiger partial charge in [-0.05, 0) is 40.8 Å². The van der Waals surface area contributed by atoms with Crippen LogP contribution < -0.4 is 0 Å². The molecule has 0 bridgehead atoms. The van der Waals surface area contributed by atoms with Crippen LogP contribution in [0, 0.1) is 3.57 Å². The molecule has 2 rings (SSSR count). The molecule has 4 nitrogen and oxygen atoms in total. The number of nitrogens with zero attached hydrogens (tertiary/aromatic N) is 1. The summed E-state index contributed by atoms with van der Waals surface area (Å²) in [6.45, 7) is 0. The van der Waals surface area contributed by atoms with Crippen molar-refractivity contribution in [2.75, 3.05) is 11.6 Å². The van der Waals surface area contributed by atoms with E-state index in [1.807, 2.05) is 12.1 Å². The van der Waals surface area contributed by atoms with E-state index in [4.69, 9.17) is 5.11 Å². The number of benzene rings is 1. The molecule has 7 heteroatoms. The van der Waals surface area contributed by atoms with E-state index in [2.05, 4.69) is 38.5 Å². The number of carbonyl (C=O) groups excluding carboxylic acids is 1. The van der Waals surface area contributed by atoms with E-state index in [0.29, 0.717) is 17.2 Å². The highest BCUT2D eigenvalue weighted by atomic mass is 127. The lowest BCUT2D eigenvalue weighted by Gasteiger charge is -2.21. The fourth-order valence-corrected chi connectivity index (χ4v) is 3.74. The maximum Gasteiger partial charge on any atom is 0.327 e. The van der Waals surface area contributed by atoms with Gasteiger partial charge in [-0.1, -0.05) is 15.9 Å². The second-order valence-corrected chi connectivity index (χ2v) is 6.83. The molecule has 1 unspecified atom stereocenters. The van der Waals surface area contributed by atoms with Crippen LogP contribution in [0.3, 0.4) is 0 Å². The zero-order chi connectivity index (χ0) is 13.3. The Morgan fingerprint density at radius 1 is 1.50 bits per heavy atom. The molecule has 1 saturated heterocycles. The molecule has 1 atom stereocenters. The molecule has 0 saturated carbocycles. The van der Waals surface area contributed by atoms with Crippen LogP contribution in [-0.2, 0) is 4.79 Å². The Hall–Kier alpha value is -0.280. The van der Waals surface area contributed by atoms with E-state index in [1.54, 1.807) is 6.07 Å². The predicted octanol–water partition coefficient (Wildman–Crippen LogP) is 2.65. The Kier molecular flexibility index (Phi) is 4.54. The maximum atomic E-state index is 12.4. The fraction of sp³-hybridized carbons (Fsp3) is 0.273. The van der Waals surface area contributed by atoms with E-state index >= 15 is 0 Å². The smallest absolute Gasteiger partial charge is 0.327 e. The van der Waals surface area contributed by atoms with Crippen molar-refractivity contribution >= 4 is 62.2 Å². The first-order chi connectivity index (χ1) is 8.50. The zero-order valence-corrected chi connectivity index (χ0v) is 13.7. The highest BCUT2D eigenvalue weighted by Gasteiger charge is 2.35. The van der Waals surface area contributed by atoms with Crippen molar-refractivity contribution in [2.24, 2.45) is 0 Å². The largest absolute Gasteiger partial charge is 0.480 e. The molecule has 1 fully saturated rings. The first kappa shape index (κ1) is 14.1. The highest BCUT2D eigenvalue weighted by molar-refractivity contribution is 14.1. The second-order valence-electron chi connectivity index (χ2n) is 3.75. The first-order valence-electron chi connectivity index (χ1n) is 5.07. The van der Waals surface area contributed by atoms with Gasteiger partial charge in [-0.25, -0.2) is 4.79 Å². The summed E-state index contributed by atoms with van der Waals surface area (Å²) in [6.07, 6.45) is 0. The molecule has 1 amide bonds. The topological polar surface area (TPSA) is 57.6 Å². The monoisotopic (exact) mass is 441 g/mol. The van der Waals surface area contributed by atoms with E-state index in [9.17, 15) is 9.59 Å². The fourth-order valence-electron chi connectivity index (χ4n) is 1.66. The number of halogens is 2. The molecule has 96 valence electrons. The third-order valence-electron chi connectivity index (χ3n) is 2.59. The molecule has 1 aromatic carbocycles. The number of hydrogen-bond donors (Lipinski definition) is 1. The molecular weight excluding hydrogens is 433 g/mol. The number of rotatable bonds is 2. The minimum absolute atomic E-state index is 0.224. The van der Waals surface area contributed by atoms with Crippen LogP contribution in [-0.4, -0.2) is 39.6 Å². The summed E-state index contributed by atoms with van der Waals surface area (Å²) in [7, 11) is 0. The highest BCUT2D eigenvalue weighted by Crippen LogP contribution is 2.26. The van der Waals surface area contributed by atoms with Crippen molar-refractivity contribution in [3.63, 3.8) is 0 Å². The Labute approximate surface area is 130 Å². The van der Waals surface area contributed by atoms with Crippen LogP contribution >= 0.6 is 50.3 Å². The quantitative estimate of drug-likeness (QED) is 0.717. The molecule has 1 heterocycles. The summed E-state index contributed by atoms with van der Waals surface area (Å²) in [4.78, 5) is 24.9. The third kappa shape index (κ3) is 2.83. The second kappa shape index (κ2) is 5.79. The molecule has 1 aliphatic heterocycles. The number of carbonyl (C=O) groups is 2. The third-order valence-corrected chi connectivity index (χ3v) is 5.03. The number of thioether (sulfide) groups is 1. The molecule has 0 aliphatic carbocycles. The van der Waals surface area contributed by atoms with E-state index in [0.717, 1.165) is 8.04 Å². The van der Waals surface area contributed by atoms with Gasteiger partial charge in [0.05, 0.1) is 11.4 Å². The summed E-state index contributed by atoms with van der Waals surface area (Å²) < 4.78 is 1.63. The predicted molar refractivity (Wildman–Crippen MR) is 81.8 cm³/mol. The number of carboxylic acid groups (broad SMARTS) is 1. The van der Waals surface area contributed by atoms with Gasteiger partial charge in [-0.15, -0.1) is 11.8 Å². The average molecular weight is 442 g/mol. The molecule has 0 aromatic heterocycles. The van der Waals surface area contributed by atoms with Crippen molar-refractivity contribution in [1.29, 1.82) is 0 Å². The summed E-state index contributed by atoms with van der Waals surface area (Å²) >= 11 is 6.86. The van der Waals surface area contributed by atoms with Crippen LogP contribution in [0.4, 0.5) is 0 Å². The molecule has 1 aliphatic rings. The van der Waals surface area contributed by atoms with Gasteiger partial charge in [0.25, 0.3) is 5.91 Å². The van der Waals surface area contributed by atoms with Gasteiger partial charge in [0.2, 0.25) is 0 Å². The lowest BCUT2D eigenvalue weighted by molar-refractivity contribution is -0.140. The number of hydrogen-bond acceptors (Lipinski definition) is 3. The lowest BCUT2D eigenvalue weighted by atomic mass is 10.2. The lowest BCUT2D eigenvalue weighted by Crippen LogP contribution is -2.42. The minimum Gasteiger partial charge on any atom is -0.480 e. The van der Waals surface area contributed by atoms with Gasteiger partial charge in [-0.2, -0.15) is 0 Å². The first-order valence-corrected chi connectivity index (χ1v) is 8.10. The Bertz CT molecular complexity index is 511. The van der Waals surface area contributed by atoms with E-state index in [-0.39, 0.29) is 5.91 Å². The van der Waals surface area contributed by atoms with Crippen molar-refractivity contribution in [2.45, 2.75) is 6.04 Å². The zero-order valence-electron chi connectivity index (χ0n) is 9.10. The van der Waals surface area contributed by atoms with Crippen molar-refractivity contribution in [1.82, 2.24) is 4.90 Å². The molecule has 0 spiro atoms. The standard InChI is InChI=1S/C11H9BrINO3S/c12-6-1-2-8(13)7(3-6)10(15)14-5-18-4-9(14)11(16)17/h1-3,9H,4-5H2,(H,16,17). The van der Waals surface area contributed by atoms with Gasteiger partial charge < -0.3 is 10.0 Å². The van der Waals surface area contributed by atoms with Crippen LogP contribution in [0.1, 0.15) is 10.4 Å². The van der Waals surface area contributed by atoms with E-state index in [1.165, 1.54) is 16.7 Å². The SMILES string of the molecule is O=C(O)C1CSCN1C(=O)c1cc(Br)ccc1I. The van der Waals surface area contributed by atoms with Gasteiger partial charge in [0.1, 0.15) is 6.04 Å². The number of carboxylic acids is 1. The van der Waals surface area contributed by atoms with Gasteiger partial charge >= 0.3 is 5.97 Å². The summed E-state index contributed by atoms with van der Waals surface area (Å²) in [5.74, 6) is -0.291. The molecule has 0 radical (unpaired) electrons. The van der Waals surface area contributed by atoms with Crippen LogP contribution in [0.15, 0.2) is 22.7 Å². The van der Waals surface area contributed by atoms with Crippen LogP contribution in [0.5, 0.6) is 0 Å². The molecule has 18 heavy (non-hydrogen) atoms. The maximum absolute atomic E-state index is 12.4. The minimum atomic E-state index is -0.946. The molecule has 1 aromatic rings. The number of amides is 1. The summed E-state index contributed by atoms with van der Waals surface area (Å²) in [5, 5.41) is 9.08. The van der Waals surface area contributed by atoms with Crippen LogP contribution in [0.2, 0.25) is 0 Å². The Morgan fingerprint density at radius 2 is 2.22 bits per heavy atom. The normalized spacial score (nSPS) is 19.0. The van der Waals surface area contributed by atoms with Crippen molar-refractivity contribution in [3.8, 4) is 0 Å². The molecule has 1 N–H and O–H groups in total. The van der Waals surface area contributed by atoms with Gasteiger partial charge in [-0.3, -0.25) is 4.79 Å². The van der Waals surface area contributed by atoms with Gasteiger partial charge in [0, 0.05) is 13.8 Å². The average Bonchev–Trinajstić information content (AvgIpc) is 2.80. The van der Waals surface area contributed by atoms with Crippen molar-refractivity contribution in [3.05, 3.63) is 31.8 Å².